The minimum absolute atomic E-state index is 0.0189. The van der Waals surface area contributed by atoms with Gasteiger partial charge in [0.1, 0.15) is 5.82 Å². The lowest BCUT2D eigenvalue weighted by atomic mass is 10.1. The predicted molar refractivity (Wildman–Crippen MR) is 73.7 cm³/mol. The molecule has 2 nitrogen and oxygen atoms in total. The standard InChI is InChI=1S/C13H11BrFNOS/c1-7-13(18-8(2)16-7)12(17)5-9-3-4-10(15)6-11(9)14/h3-4,6H,5H2,1-2H3. The molecule has 1 aromatic heterocycles. The Balaban J connectivity index is 2.24. The van der Waals surface area contributed by atoms with Gasteiger partial charge in [-0.2, -0.15) is 0 Å². The number of hydrogen-bond donors (Lipinski definition) is 0. The van der Waals surface area contributed by atoms with Crippen LogP contribution in [0.2, 0.25) is 0 Å². The maximum Gasteiger partial charge on any atom is 0.179 e. The lowest BCUT2D eigenvalue weighted by Gasteiger charge is -2.03. The number of halogens is 2. The summed E-state index contributed by atoms with van der Waals surface area (Å²) in [6, 6.07) is 4.35. The average Bonchev–Trinajstić information content (AvgIpc) is 2.62. The van der Waals surface area contributed by atoms with Gasteiger partial charge in [-0.1, -0.05) is 22.0 Å². The van der Waals surface area contributed by atoms with Crippen molar-refractivity contribution < 1.29 is 9.18 Å². The van der Waals surface area contributed by atoms with Gasteiger partial charge in [0.2, 0.25) is 0 Å². The molecular weight excluding hydrogens is 317 g/mol. The van der Waals surface area contributed by atoms with Crippen LogP contribution in [-0.2, 0) is 6.42 Å². The summed E-state index contributed by atoms with van der Waals surface area (Å²) in [6.45, 7) is 3.71. The quantitative estimate of drug-likeness (QED) is 0.795. The summed E-state index contributed by atoms with van der Waals surface area (Å²) in [5.41, 5.74) is 1.55. The molecule has 0 unspecified atom stereocenters. The molecule has 0 saturated heterocycles. The van der Waals surface area contributed by atoms with Crippen LogP contribution in [0.1, 0.15) is 25.9 Å². The predicted octanol–water partition coefficient (Wildman–Crippen LogP) is 4.09. The number of carbonyl (C=O) groups excluding carboxylic acids is 1. The van der Waals surface area contributed by atoms with E-state index in [1.54, 1.807) is 6.07 Å². The lowest BCUT2D eigenvalue weighted by Crippen LogP contribution is -2.04. The Labute approximate surface area is 117 Å². The third kappa shape index (κ3) is 2.84. The van der Waals surface area contributed by atoms with Gasteiger partial charge >= 0.3 is 0 Å². The van der Waals surface area contributed by atoms with E-state index in [2.05, 4.69) is 20.9 Å². The molecular formula is C13H11BrFNOS. The summed E-state index contributed by atoms with van der Waals surface area (Å²) < 4.78 is 13.6. The fourth-order valence-corrected chi connectivity index (χ4v) is 3.06. The van der Waals surface area contributed by atoms with E-state index in [0.29, 0.717) is 9.35 Å². The van der Waals surface area contributed by atoms with E-state index in [4.69, 9.17) is 0 Å². The van der Waals surface area contributed by atoms with Gasteiger partial charge < -0.3 is 0 Å². The smallest absolute Gasteiger partial charge is 0.179 e. The first-order valence-corrected chi connectivity index (χ1v) is 6.99. The number of thiazole rings is 1. The van der Waals surface area contributed by atoms with E-state index >= 15 is 0 Å². The van der Waals surface area contributed by atoms with Crippen LogP contribution in [0.15, 0.2) is 22.7 Å². The monoisotopic (exact) mass is 327 g/mol. The molecule has 0 spiro atoms. The third-order valence-electron chi connectivity index (χ3n) is 2.52. The molecule has 0 aliphatic rings. The second kappa shape index (κ2) is 5.28. The van der Waals surface area contributed by atoms with Crippen molar-refractivity contribution in [2.75, 3.05) is 0 Å². The van der Waals surface area contributed by atoms with Crippen LogP contribution < -0.4 is 0 Å². The van der Waals surface area contributed by atoms with Crippen molar-refractivity contribution in [3.63, 3.8) is 0 Å². The summed E-state index contributed by atoms with van der Waals surface area (Å²) in [7, 11) is 0. The van der Waals surface area contributed by atoms with Gasteiger partial charge in [-0.05, 0) is 31.5 Å². The lowest BCUT2D eigenvalue weighted by molar-refractivity contribution is 0.0996. The van der Waals surface area contributed by atoms with Gasteiger partial charge in [-0.15, -0.1) is 11.3 Å². The second-order valence-corrected chi connectivity index (χ2v) is 6.04. The van der Waals surface area contributed by atoms with Crippen molar-refractivity contribution in [2.45, 2.75) is 20.3 Å². The number of aromatic nitrogens is 1. The number of hydrogen-bond acceptors (Lipinski definition) is 3. The van der Waals surface area contributed by atoms with Crippen LogP contribution in [0, 0.1) is 19.7 Å². The van der Waals surface area contributed by atoms with Crippen molar-refractivity contribution in [1.29, 1.82) is 0 Å². The van der Waals surface area contributed by atoms with Crippen molar-refractivity contribution in [2.24, 2.45) is 0 Å². The molecule has 0 N–H and O–H groups in total. The zero-order valence-corrected chi connectivity index (χ0v) is 12.4. The van der Waals surface area contributed by atoms with Gasteiger partial charge in [0.15, 0.2) is 5.78 Å². The fourth-order valence-electron chi connectivity index (χ4n) is 1.71. The molecule has 1 heterocycles. The summed E-state index contributed by atoms with van der Waals surface area (Å²) in [5, 5.41) is 0.883. The molecule has 2 aromatic rings. The van der Waals surface area contributed by atoms with Gasteiger partial charge in [0, 0.05) is 10.9 Å². The highest BCUT2D eigenvalue weighted by Gasteiger charge is 2.15. The topological polar surface area (TPSA) is 30.0 Å². The molecule has 1 aromatic carbocycles. The molecule has 0 fully saturated rings. The van der Waals surface area contributed by atoms with Crippen LogP contribution in [-0.4, -0.2) is 10.8 Å². The van der Waals surface area contributed by atoms with E-state index in [1.165, 1.54) is 23.5 Å². The Morgan fingerprint density at radius 3 is 2.72 bits per heavy atom. The van der Waals surface area contributed by atoms with Crippen LogP contribution in [0.25, 0.3) is 0 Å². The average molecular weight is 328 g/mol. The second-order valence-electron chi connectivity index (χ2n) is 3.98. The number of aryl methyl sites for hydroxylation is 2. The maximum absolute atomic E-state index is 13.0. The summed E-state index contributed by atoms with van der Waals surface area (Å²) in [5.74, 6) is -0.298. The highest BCUT2D eigenvalue weighted by molar-refractivity contribution is 9.10. The van der Waals surface area contributed by atoms with Crippen LogP contribution in [0.5, 0.6) is 0 Å². The minimum Gasteiger partial charge on any atom is -0.293 e. The van der Waals surface area contributed by atoms with Crippen molar-refractivity contribution in [1.82, 2.24) is 4.98 Å². The van der Waals surface area contributed by atoms with Crippen molar-refractivity contribution >= 4 is 33.0 Å². The molecule has 0 bridgehead atoms. The van der Waals surface area contributed by atoms with E-state index in [-0.39, 0.29) is 18.0 Å². The Morgan fingerprint density at radius 2 is 2.17 bits per heavy atom. The Kier molecular flexibility index (Phi) is 3.92. The van der Waals surface area contributed by atoms with E-state index in [9.17, 15) is 9.18 Å². The van der Waals surface area contributed by atoms with E-state index in [0.717, 1.165) is 16.3 Å². The Bertz CT molecular complexity index is 609. The van der Waals surface area contributed by atoms with Crippen LogP contribution in [0.3, 0.4) is 0 Å². The molecule has 18 heavy (non-hydrogen) atoms. The summed E-state index contributed by atoms with van der Waals surface area (Å²) in [4.78, 5) is 17.1. The zero-order chi connectivity index (χ0) is 13.3. The number of Topliss-reactive ketones (excluding diaryl/α,β-unsaturated/α-hetero) is 1. The van der Waals surface area contributed by atoms with Gasteiger partial charge in [0.25, 0.3) is 0 Å². The van der Waals surface area contributed by atoms with Crippen LogP contribution in [0.4, 0.5) is 4.39 Å². The SMILES string of the molecule is Cc1nc(C)c(C(=O)Cc2ccc(F)cc2Br)s1. The molecule has 5 heteroatoms. The van der Waals surface area contributed by atoms with Gasteiger partial charge in [-0.25, -0.2) is 9.37 Å². The molecule has 2 rings (SSSR count). The minimum atomic E-state index is -0.317. The highest BCUT2D eigenvalue weighted by Crippen LogP contribution is 2.23. The number of benzene rings is 1. The molecule has 0 aliphatic carbocycles. The molecule has 0 amide bonds. The highest BCUT2D eigenvalue weighted by atomic mass is 79.9. The third-order valence-corrected chi connectivity index (χ3v) is 4.38. The molecule has 0 atom stereocenters. The normalized spacial score (nSPS) is 10.7. The van der Waals surface area contributed by atoms with E-state index < -0.39 is 0 Å². The zero-order valence-electron chi connectivity index (χ0n) is 9.96. The molecule has 94 valence electrons. The van der Waals surface area contributed by atoms with Gasteiger partial charge in [-0.3, -0.25) is 4.79 Å². The van der Waals surface area contributed by atoms with Gasteiger partial charge in [0.05, 0.1) is 15.6 Å². The number of nitrogens with zero attached hydrogens (tertiary/aromatic N) is 1. The first-order valence-electron chi connectivity index (χ1n) is 5.38. The first-order chi connectivity index (χ1) is 8.47. The fraction of sp³-hybridized carbons (Fsp3) is 0.231. The Morgan fingerprint density at radius 1 is 1.44 bits per heavy atom. The number of rotatable bonds is 3. The van der Waals surface area contributed by atoms with E-state index in [1.807, 2.05) is 13.8 Å². The number of carbonyl (C=O) groups is 1. The van der Waals surface area contributed by atoms with Crippen molar-refractivity contribution in [3.8, 4) is 0 Å². The largest absolute Gasteiger partial charge is 0.293 e. The maximum atomic E-state index is 13.0. The molecule has 0 radical (unpaired) electrons. The Hall–Kier alpha value is -1.07. The van der Waals surface area contributed by atoms with Crippen molar-refractivity contribution in [3.05, 3.63) is 49.6 Å². The first kappa shape index (κ1) is 13.4. The summed E-state index contributed by atoms with van der Waals surface area (Å²) in [6.07, 6.45) is 0.253. The summed E-state index contributed by atoms with van der Waals surface area (Å²) >= 11 is 4.67. The molecule has 0 saturated carbocycles. The number of ketones is 1. The van der Waals surface area contributed by atoms with Crippen LogP contribution >= 0.6 is 27.3 Å². The molecule has 0 aliphatic heterocycles.